The number of carbonyl (C=O) groups is 2. The molecule has 0 fully saturated rings. The normalized spacial score (nSPS) is 11.7. The Morgan fingerprint density at radius 2 is 1.76 bits per heavy atom. The summed E-state index contributed by atoms with van der Waals surface area (Å²) >= 11 is 1.26. The maximum Gasteiger partial charge on any atom is 0.321 e. The number of benzene rings is 2. The zero-order chi connectivity index (χ0) is 20.8. The van der Waals surface area contributed by atoms with Crippen molar-refractivity contribution in [3.8, 4) is 11.4 Å². The second kappa shape index (κ2) is 9.38. The van der Waals surface area contributed by atoms with Crippen molar-refractivity contribution in [2.24, 2.45) is 7.05 Å². The van der Waals surface area contributed by atoms with Gasteiger partial charge < -0.3 is 9.88 Å². The second-order valence-electron chi connectivity index (χ2n) is 6.44. The molecule has 29 heavy (non-hydrogen) atoms. The van der Waals surface area contributed by atoms with Crippen LogP contribution in [0.2, 0.25) is 0 Å². The summed E-state index contributed by atoms with van der Waals surface area (Å²) in [6, 6.07) is 16.7. The first kappa shape index (κ1) is 20.6. The predicted molar refractivity (Wildman–Crippen MR) is 113 cm³/mol. The van der Waals surface area contributed by atoms with E-state index >= 15 is 0 Å². The summed E-state index contributed by atoms with van der Waals surface area (Å²) in [6.07, 6.45) is 0. The lowest BCUT2D eigenvalue weighted by Gasteiger charge is -2.16. The second-order valence-corrected chi connectivity index (χ2v) is 7.51. The fourth-order valence-electron chi connectivity index (χ4n) is 2.86. The first-order valence-electron chi connectivity index (χ1n) is 9.27. The summed E-state index contributed by atoms with van der Waals surface area (Å²) in [7, 11) is 1.87. The van der Waals surface area contributed by atoms with Crippen LogP contribution in [0.15, 0.2) is 59.8 Å². The van der Waals surface area contributed by atoms with E-state index in [2.05, 4.69) is 20.8 Å². The molecule has 0 radical (unpaired) electrons. The van der Waals surface area contributed by atoms with E-state index in [1.54, 1.807) is 6.92 Å². The number of urea groups is 1. The van der Waals surface area contributed by atoms with Gasteiger partial charge in [-0.3, -0.25) is 10.1 Å². The molecule has 7 nitrogen and oxygen atoms in total. The molecule has 1 atom stereocenters. The van der Waals surface area contributed by atoms with Crippen molar-refractivity contribution in [3.63, 3.8) is 0 Å². The lowest BCUT2D eigenvalue weighted by Crippen LogP contribution is -2.41. The summed E-state index contributed by atoms with van der Waals surface area (Å²) in [4.78, 5) is 24.7. The molecule has 1 heterocycles. The van der Waals surface area contributed by atoms with Crippen molar-refractivity contribution < 1.29 is 9.59 Å². The zero-order valence-corrected chi connectivity index (χ0v) is 17.4. The summed E-state index contributed by atoms with van der Waals surface area (Å²) in [5.74, 6) is 0.314. The summed E-state index contributed by atoms with van der Waals surface area (Å²) in [6.45, 7) is 4.24. The van der Waals surface area contributed by atoms with Crippen LogP contribution in [0.1, 0.15) is 23.3 Å². The Morgan fingerprint density at radius 1 is 1.07 bits per heavy atom. The quantitative estimate of drug-likeness (QED) is 0.609. The molecule has 150 valence electrons. The van der Waals surface area contributed by atoms with Crippen LogP contribution in [0.5, 0.6) is 0 Å². The largest absolute Gasteiger partial charge is 0.338 e. The minimum absolute atomic E-state index is 0.410. The van der Waals surface area contributed by atoms with Gasteiger partial charge in [0.2, 0.25) is 5.91 Å². The highest BCUT2D eigenvalue weighted by Gasteiger charge is 2.26. The minimum atomic E-state index is -0.647. The van der Waals surface area contributed by atoms with E-state index < -0.39 is 17.2 Å². The Labute approximate surface area is 173 Å². The van der Waals surface area contributed by atoms with E-state index in [-0.39, 0.29) is 0 Å². The monoisotopic (exact) mass is 409 g/mol. The van der Waals surface area contributed by atoms with Crippen LogP contribution in [0.25, 0.3) is 11.4 Å². The molecule has 0 spiro atoms. The van der Waals surface area contributed by atoms with Crippen LogP contribution in [0.3, 0.4) is 0 Å². The lowest BCUT2D eigenvalue weighted by atomic mass is 10.1. The number of thioether (sulfide) groups is 1. The van der Waals surface area contributed by atoms with Crippen LogP contribution >= 0.6 is 11.8 Å². The van der Waals surface area contributed by atoms with Gasteiger partial charge in [0.05, 0.1) is 0 Å². The van der Waals surface area contributed by atoms with Gasteiger partial charge in [-0.05, 0) is 25.0 Å². The summed E-state index contributed by atoms with van der Waals surface area (Å²) in [5, 5.41) is 13.5. The van der Waals surface area contributed by atoms with Crippen LogP contribution in [0, 0.1) is 6.92 Å². The van der Waals surface area contributed by atoms with Gasteiger partial charge in [-0.1, -0.05) is 66.4 Å². The first-order chi connectivity index (χ1) is 14.0. The molecule has 8 heteroatoms. The molecule has 2 aromatic carbocycles. The van der Waals surface area contributed by atoms with Crippen molar-refractivity contribution in [3.05, 3.63) is 65.7 Å². The Hall–Kier alpha value is -3.13. The molecule has 3 aromatic rings. The molecule has 0 saturated heterocycles. The fraction of sp³-hybridized carbons (Fsp3) is 0.238. The number of aromatic nitrogens is 3. The molecule has 0 aliphatic rings. The molecule has 0 unspecified atom stereocenters. The number of hydrogen-bond acceptors (Lipinski definition) is 5. The van der Waals surface area contributed by atoms with Crippen molar-refractivity contribution in [2.75, 3.05) is 6.54 Å². The van der Waals surface area contributed by atoms with Crippen LogP contribution < -0.4 is 10.6 Å². The number of hydrogen-bond donors (Lipinski definition) is 2. The fourth-order valence-corrected chi connectivity index (χ4v) is 3.87. The lowest BCUT2D eigenvalue weighted by molar-refractivity contribution is -0.119. The van der Waals surface area contributed by atoms with Gasteiger partial charge in [0.25, 0.3) is 0 Å². The molecule has 3 rings (SSSR count). The van der Waals surface area contributed by atoms with Gasteiger partial charge in [-0.15, -0.1) is 10.2 Å². The van der Waals surface area contributed by atoms with E-state index in [0.717, 1.165) is 22.5 Å². The van der Waals surface area contributed by atoms with Gasteiger partial charge in [-0.25, -0.2) is 4.79 Å². The molecule has 0 aliphatic heterocycles. The summed E-state index contributed by atoms with van der Waals surface area (Å²) < 4.78 is 1.86. The average molecular weight is 410 g/mol. The third-order valence-electron chi connectivity index (χ3n) is 4.36. The van der Waals surface area contributed by atoms with Crippen LogP contribution in [-0.2, 0) is 11.8 Å². The van der Waals surface area contributed by atoms with Crippen molar-refractivity contribution in [1.82, 2.24) is 25.4 Å². The maximum absolute atomic E-state index is 12.8. The van der Waals surface area contributed by atoms with Crippen LogP contribution in [-0.4, -0.2) is 33.2 Å². The highest BCUT2D eigenvalue weighted by molar-refractivity contribution is 8.00. The zero-order valence-electron chi connectivity index (χ0n) is 16.5. The van der Waals surface area contributed by atoms with Gasteiger partial charge in [0.15, 0.2) is 11.0 Å². The van der Waals surface area contributed by atoms with E-state index in [0.29, 0.717) is 11.7 Å². The topological polar surface area (TPSA) is 88.9 Å². The number of imide groups is 1. The number of nitrogens with zero attached hydrogens (tertiary/aromatic N) is 3. The molecular formula is C21H23N5O2S. The molecule has 2 N–H and O–H groups in total. The summed E-state index contributed by atoms with van der Waals surface area (Å²) in [5.41, 5.74) is 2.85. The number of aryl methyl sites for hydroxylation is 1. The highest BCUT2D eigenvalue weighted by atomic mass is 32.2. The van der Waals surface area contributed by atoms with Crippen LogP contribution in [0.4, 0.5) is 4.79 Å². The van der Waals surface area contributed by atoms with Gasteiger partial charge in [-0.2, -0.15) is 0 Å². The number of nitrogens with one attached hydrogen (secondary N) is 2. The minimum Gasteiger partial charge on any atom is -0.338 e. The van der Waals surface area contributed by atoms with E-state index in [1.165, 1.54) is 11.8 Å². The van der Waals surface area contributed by atoms with Gasteiger partial charge in [0, 0.05) is 19.2 Å². The third kappa shape index (κ3) is 4.83. The predicted octanol–water partition coefficient (Wildman–Crippen LogP) is 3.47. The Morgan fingerprint density at radius 3 is 2.45 bits per heavy atom. The smallest absolute Gasteiger partial charge is 0.321 e. The standard InChI is InChI=1S/C21H23N5O2S/c1-4-22-20(28)23-19(27)17(15-11-6-5-7-12-15)29-21-25-24-18(26(21)3)16-13-9-8-10-14(16)2/h5-13,17H,4H2,1-3H3,(H2,22,23,27,28)/t17-/m0/s1. The average Bonchev–Trinajstić information content (AvgIpc) is 3.07. The number of carbonyl (C=O) groups excluding carboxylic acids is 2. The molecular weight excluding hydrogens is 386 g/mol. The Kier molecular flexibility index (Phi) is 6.66. The highest BCUT2D eigenvalue weighted by Crippen LogP contribution is 2.35. The van der Waals surface area contributed by atoms with E-state index in [1.807, 2.05) is 73.1 Å². The Balaban J connectivity index is 1.90. The molecule has 0 bridgehead atoms. The molecule has 0 aliphatic carbocycles. The molecule has 1 aromatic heterocycles. The number of rotatable bonds is 6. The molecule has 0 saturated carbocycles. The maximum atomic E-state index is 12.8. The van der Waals surface area contributed by atoms with Crippen molar-refractivity contribution in [1.29, 1.82) is 0 Å². The molecule has 3 amide bonds. The SMILES string of the molecule is CCNC(=O)NC(=O)[C@@H](Sc1nnc(-c2ccccc2C)n1C)c1ccccc1. The van der Waals surface area contributed by atoms with Crippen molar-refractivity contribution >= 4 is 23.7 Å². The number of amides is 3. The first-order valence-corrected chi connectivity index (χ1v) is 10.1. The van der Waals surface area contributed by atoms with Gasteiger partial charge in [0.1, 0.15) is 5.25 Å². The Bertz CT molecular complexity index is 1000. The van der Waals surface area contributed by atoms with Gasteiger partial charge >= 0.3 is 6.03 Å². The van der Waals surface area contributed by atoms with E-state index in [4.69, 9.17) is 0 Å². The van der Waals surface area contributed by atoms with E-state index in [9.17, 15) is 9.59 Å². The third-order valence-corrected chi connectivity index (χ3v) is 5.65. The van der Waals surface area contributed by atoms with Crippen molar-refractivity contribution in [2.45, 2.75) is 24.3 Å².